The second-order valence-electron chi connectivity index (χ2n) is 9.75. The van der Waals surface area contributed by atoms with Crippen molar-refractivity contribution in [3.63, 3.8) is 0 Å². The van der Waals surface area contributed by atoms with Crippen molar-refractivity contribution in [2.24, 2.45) is 0 Å². The lowest BCUT2D eigenvalue weighted by Gasteiger charge is -2.32. The summed E-state index contributed by atoms with van der Waals surface area (Å²) in [5.41, 5.74) is 2.74. The third-order valence-corrected chi connectivity index (χ3v) is 7.31. The standard InChI is InChI=1S/C27H40N4O2/c1-4-23(29-21-10-6-5-7-11-21)25(33-3)18-28-26-22(27(32)31-14-8-9-15-31)17-20-16-19(2)12-13-24(20)30-26/h12-13,16-17,21,23,25,29H,4-11,14-15,18H2,1-3H3,(H,28,30). The summed E-state index contributed by atoms with van der Waals surface area (Å²) in [5, 5.41) is 8.37. The molecule has 6 heteroatoms. The Morgan fingerprint density at radius 1 is 1.15 bits per heavy atom. The minimum atomic E-state index is 0.00202. The van der Waals surface area contributed by atoms with Crippen LogP contribution in [0.4, 0.5) is 5.82 Å². The molecule has 1 saturated heterocycles. The van der Waals surface area contributed by atoms with Gasteiger partial charge in [0.1, 0.15) is 5.82 Å². The summed E-state index contributed by atoms with van der Waals surface area (Å²) in [4.78, 5) is 20.2. The largest absolute Gasteiger partial charge is 0.378 e. The summed E-state index contributed by atoms with van der Waals surface area (Å²) in [6.07, 6.45) is 9.63. The van der Waals surface area contributed by atoms with Gasteiger partial charge >= 0.3 is 0 Å². The van der Waals surface area contributed by atoms with Crippen molar-refractivity contribution >= 4 is 22.6 Å². The molecule has 1 aromatic carbocycles. The van der Waals surface area contributed by atoms with E-state index >= 15 is 0 Å². The Morgan fingerprint density at radius 2 is 1.91 bits per heavy atom. The van der Waals surface area contributed by atoms with Crippen molar-refractivity contribution in [1.29, 1.82) is 0 Å². The first kappa shape index (κ1) is 24.0. The van der Waals surface area contributed by atoms with Gasteiger partial charge in [-0.1, -0.05) is 37.8 Å². The summed E-state index contributed by atoms with van der Waals surface area (Å²) in [5.74, 6) is 0.741. The Labute approximate surface area is 198 Å². The first-order chi connectivity index (χ1) is 16.1. The number of nitrogens with zero attached hydrogens (tertiary/aromatic N) is 2. The van der Waals surface area contributed by atoms with Gasteiger partial charge in [-0.05, 0) is 57.2 Å². The van der Waals surface area contributed by atoms with Crippen LogP contribution in [0, 0.1) is 6.92 Å². The number of aromatic nitrogens is 1. The van der Waals surface area contributed by atoms with Crippen LogP contribution in [-0.4, -0.2) is 60.7 Å². The van der Waals surface area contributed by atoms with E-state index < -0.39 is 0 Å². The zero-order chi connectivity index (χ0) is 23.2. The predicted octanol–water partition coefficient (Wildman–Crippen LogP) is 4.91. The molecule has 1 amide bonds. The van der Waals surface area contributed by atoms with Gasteiger partial charge in [-0.3, -0.25) is 4.79 Å². The van der Waals surface area contributed by atoms with Crippen LogP contribution >= 0.6 is 0 Å². The molecule has 33 heavy (non-hydrogen) atoms. The van der Waals surface area contributed by atoms with E-state index in [-0.39, 0.29) is 18.1 Å². The van der Waals surface area contributed by atoms with Crippen molar-refractivity contribution < 1.29 is 9.53 Å². The molecular formula is C27H40N4O2. The van der Waals surface area contributed by atoms with Crippen LogP contribution < -0.4 is 10.6 Å². The minimum absolute atomic E-state index is 0.00202. The molecular weight excluding hydrogens is 412 g/mol. The van der Waals surface area contributed by atoms with Gasteiger partial charge in [0, 0.05) is 44.2 Å². The van der Waals surface area contributed by atoms with Crippen LogP contribution in [0.3, 0.4) is 0 Å². The zero-order valence-corrected chi connectivity index (χ0v) is 20.5. The highest BCUT2D eigenvalue weighted by molar-refractivity contribution is 6.02. The summed E-state index contributed by atoms with van der Waals surface area (Å²) in [7, 11) is 1.78. The summed E-state index contributed by atoms with van der Waals surface area (Å²) in [6.45, 7) is 6.55. The van der Waals surface area contributed by atoms with Crippen LogP contribution in [0.5, 0.6) is 0 Å². The normalized spacial score (nSPS) is 19.1. The van der Waals surface area contributed by atoms with Crippen LogP contribution in [0.2, 0.25) is 0 Å². The number of benzene rings is 1. The van der Waals surface area contributed by atoms with Crippen LogP contribution in [-0.2, 0) is 4.74 Å². The SMILES string of the molecule is CCC(NC1CCCCC1)C(CNc1nc2ccc(C)cc2cc1C(=O)N1CCCC1)OC. The Kier molecular flexibility index (Phi) is 8.20. The average Bonchev–Trinajstić information content (AvgIpc) is 3.38. The second-order valence-corrected chi connectivity index (χ2v) is 9.75. The van der Waals surface area contributed by atoms with Crippen molar-refractivity contribution in [3.8, 4) is 0 Å². The molecule has 2 aliphatic rings. The lowest BCUT2D eigenvalue weighted by molar-refractivity contribution is 0.0697. The number of amides is 1. The van der Waals surface area contributed by atoms with Gasteiger partial charge in [0.05, 0.1) is 17.2 Å². The van der Waals surface area contributed by atoms with Crippen molar-refractivity contribution in [2.75, 3.05) is 32.1 Å². The van der Waals surface area contributed by atoms with E-state index in [2.05, 4.69) is 36.6 Å². The van der Waals surface area contributed by atoms with E-state index in [1.54, 1.807) is 7.11 Å². The fourth-order valence-electron chi connectivity index (χ4n) is 5.33. The van der Waals surface area contributed by atoms with E-state index in [9.17, 15) is 4.79 Å². The molecule has 0 spiro atoms. The maximum atomic E-state index is 13.4. The maximum Gasteiger partial charge on any atom is 0.257 e. The van der Waals surface area contributed by atoms with Gasteiger partial charge in [0.15, 0.2) is 0 Å². The third-order valence-electron chi connectivity index (χ3n) is 7.31. The number of hydrogen-bond acceptors (Lipinski definition) is 5. The monoisotopic (exact) mass is 452 g/mol. The lowest BCUT2D eigenvalue weighted by atomic mass is 9.94. The van der Waals surface area contributed by atoms with E-state index in [0.29, 0.717) is 24.0 Å². The van der Waals surface area contributed by atoms with E-state index in [1.165, 1.54) is 37.7 Å². The molecule has 0 radical (unpaired) electrons. The van der Waals surface area contributed by atoms with E-state index in [0.717, 1.165) is 43.3 Å². The number of methoxy groups -OCH3 is 1. The van der Waals surface area contributed by atoms with Crippen molar-refractivity contribution in [1.82, 2.24) is 15.2 Å². The topological polar surface area (TPSA) is 66.5 Å². The third kappa shape index (κ3) is 5.85. The van der Waals surface area contributed by atoms with E-state index in [1.807, 2.05) is 17.0 Å². The molecule has 1 aliphatic carbocycles. The number of hydrogen-bond donors (Lipinski definition) is 2. The van der Waals surface area contributed by atoms with Gasteiger partial charge in [-0.15, -0.1) is 0 Å². The molecule has 2 heterocycles. The first-order valence-electron chi connectivity index (χ1n) is 12.8. The molecule has 6 nitrogen and oxygen atoms in total. The molecule has 2 aromatic rings. The number of anilines is 1. The molecule has 180 valence electrons. The number of ether oxygens (including phenoxy) is 1. The number of nitrogens with one attached hydrogen (secondary N) is 2. The highest BCUT2D eigenvalue weighted by atomic mass is 16.5. The average molecular weight is 453 g/mol. The highest BCUT2D eigenvalue weighted by Crippen LogP contribution is 2.25. The van der Waals surface area contributed by atoms with E-state index in [4.69, 9.17) is 9.72 Å². The molecule has 4 rings (SSSR count). The summed E-state index contributed by atoms with van der Waals surface area (Å²) < 4.78 is 5.92. The summed E-state index contributed by atoms with van der Waals surface area (Å²) in [6, 6.07) is 9.07. The maximum absolute atomic E-state index is 13.4. The Bertz CT molecular complexity index is 935. The molecule has 1 saturated carbocycles. The number of fused-ring (bicyclic) bond motifs is 1. The van der Waals surface area contributed by atoms with Gasteiger partial charge in [-0.2, -0.15) is 0 Å². The second kappa shape index (κ2) is 11.3. The van der Waals surface area contributed by atoms with Crippen molar-refractivity contribution in [2.45, 2.75) is 83.4 Å². The Hall–Kier alpha value is -2.18. The predicted molar refractivity (Wildman–Crippen MR) is 135 cm³/mol. The number of carbonyl (C=O) groups excluding carboxylic acids is 1. The van der Waals surface area contributed by atoms with Gasteiger partial charge < -0.3 is 20.3 Å². The fourth-order valence-corrected chi connectivity index (χ4v) is 5.33. The zero-order valence-electron chi connectivity index (χ0n) is 20.5. The number of pyridine rings is 1. The lowest BCUT2D eigenvalue weighted by Crippen LogP contribution is -2.49. The van der Waals surface area contributed by atoms with Crippen LogP contribution in [0.1, 0.15) is 74.2 Å². The first-order valence-corrected chi connectivity index (χ1v) is 12.8. The molecule has 1 aliphatic heterocycles. The smallest absolute Gasteiger partial charge is 0.257 e. The molecule has 1 aromatic heterocycles. The molecule has 2 atom stereocenters. The summed E-state index contributed by atoms with van der Waals surface area (Å²) >= 11 is 0. The van der Waals surface area contributed by atoms with Gasteiger partial charge in [-0.25, -0.2) is 4.98 Å². The van der Waals surface area contributed by atoms with Crippen molar-refractivity contribution in [3.05, 3.63) is 35.4 Å². The fraction of sp³-hybridized carbons (Fsp3) is 0.630. The number of rotatable bonds is 9. The molecule has 0 bridgehead atoms. The highest BCUT2D eigenvalue weighted by Gasteiger charge is 2.26. The Balaban J connectivity index is 1.54. The molecule has 2 N–H and O–H groups in total. The van der Waals surface area contributed by atoms with Crippen LogP contribution in [0.15, 0.2) is 24.3 Å². The van der Waals surface area contributed by atoms with Gasteiger partial charge in [0.2, 0.25) is 0 Å². The van der Waals surface area contributed by atoms with Crippen LogP contribution in [0.25, 0.3) is 10.9 Å². The quantitative estimate of drug-likeness (QED) is 0.566. The number of likely N-dealkylation sites (tertiary alicyclic amines) is 1. The Morgan fingerprint density at radius 3 is 2.61 bits per heavy atom. The molecule has 2 fully saturated rings. The molecule has 2 unspecified atom stereocenters. The number of aryl methyl sites for hydroxylation is 1. The van der Waals surface area contributed by atoms with Gasteiger partial charge in [0.25, 0.3) is 5.91 Å². The number of carbonyl (C=O) groups is 1. The minimum Gasteiger partial charge on any atom is -0.378 e.